The summed E-state index contributed by atoms with van der Waals surface area (Å²) >= 11 is 0. The maximum atomic E-state index is 5.92. The van der Waals surface area contributed by atoms with Gasteiger partial charge in [-0.05, 0) is 31.8 Å². The average Bonchev–Trinajstić information content (AvgIpc) is 2.62. The van der Waals surface area contributed by atoms with E-state index in [-0.39, 0.29) is 6.10 Å². The minimum Gasteiger partial charge on any atom is -0.374 e. The summed E-state index contributed by atoms with van der Waals surface area (Å²) in [6, 6.07) is 0.629. The van der Waals surface area contributed by atoms with Gasteiger partial charge in [0.15, 0.2) is 5.96 Å². The zero-order chi connectivity index (χ0) is 18.1. The molecule has 2 aliphatic heterocycles. The molecule has 0 aromatic heterocycles. The van der Waals surface area contributed by atoms with E-state index >= 15 is 0 Å². The first-order valence-corrected chi connectivity index (χ1v) is 10.1. The van der Waals surface area contributed by atoms with Gasteiger partial charge in [0.1, 0.15) is 0 Å². The minimum atomic E-state index is 0.243. The molecule has 2 fully saturated rings. The van der Waals surface area contributed by atoms with E-state index in [2.05, 4.69) is 46.2 Å². The van der Waals surface area contributed by atoms with Crippen LogP contribution in [0.15, 0.2) is 4.99 Å². The Morgan fingerprint density at radius 1 is 1.20 bits per heavy atom. The Balaban J connectivity index is 1.71. The van der Waals surface area contributed by atoms with E-state index in [0.29, 0.717) is 12.0 Å². The van der Waals surface area contributed by atoms with Gasteiger partial charge in [0, 0.05) is 45.8 Å². The average molecular weight is 354 g/mol. The molecule has 0 aromatic carbocycles. The zero-order valence-electron chi connectivity index (χ0n) is 16.8. The van der Waals surface area contributed by atoms with Crippen molar-refractivity contribution in [2.24, 2.45) is 10.9 Å². The van der Waals surface area contributed by atoms with E-state index in [1.807, 2.05) is 7.05 Å². The minimum absolute atomic E-state index is 0.243. The van der Waals surface area contributed by atoms with E-state index in [1.165, 1.54) is 25.8 Å². The van der Waals surface area contributed by atoms with Gasteiger partial charge in [-0.3, -0.25) is 14.8 Å². The van der Waals surface area contributed by atoms with E-state index in [0.717, 1.165) is 51.8 Å². The highest BCUT2D eigenvalue weighted by Gasteiger charge is 2.22. The van der Waals surface area contributed by atoms with Gasteiger partial charge in [0.2, 0.25) is 0 Å². The summed E-state index contributed by atoms with van der Waals surface area (Å²) in [5.41, 5.74) is 0. The third-order valence-electron chi connectivity index (χ3n) is 5.23. The van der Waals surface area contributed by atoms with Crippen LogP contribution in [0.3, 0.4) is 0 Å². The molecule has 146 valence electrons. The summed E-state index contributed by atoms with van der Waals surface area (Å²) in [6.45, 7) is 15.0. The summed E-state index contributed by atoms with van der Waals surface area (Å²) in [5, 5.41) is 6.97. The number of guanidine groups is 1. The molecule has 2 atom stereocenters. The van der Waals surface area contributed by atoms with Gasteiger partial charge in [-0.25, -0.2) is 0 Å². The second kappa shape index (κ2) is 11.0. The third-order valence-corrected chi connectivity index (χ3v) is 5.23. The predicted molar refractivity (Wildman–Crippen MR) is 105 cm³/mol. The van der Waals surface area contributed by atoms with Crippen LogP contribution in [0.5, 0.6) is 0 Å². The molecule has 0 saturated carbocycles. The Morgan fingerprint density at radius 2 is 2.00 bits per heavy atom. The second-order valence-electron chi connectivity index (χ2n) is 7.76. The van der Waals surface area contributed by atoms with Crippen molar-refractivity contribution in [2.45, 2.75) is 52.2 Å². The van der Waals surface area contributed by atoms with Crippen molar-refractivity contribution in [1.82, 2.24) is 20.4 Å². The molecule has 2 saturated heterocycles. The van der Waals surface area contributed by atoms with Crippen molar-refractivity contribution < 1.29 is 4.74 Å². The number of nitrogens with zero attached hydrogens (tertiary/aromatic N) is 3. The summed E-state index contributed by atoms with van der Waals surface area (Å²) < 4.78 is 5.92. The quantitative estimate of drug-likeness (QED) is 0.535. The molecule has 6 heteroatoms. The second-order valence-corrected chi connectivity index (χ2v) is 7.76. The Labute approximate surface area is 154 Å². The lowest BCUT2D eigenvalue weighted by Gasteiger charge is -2.36. The third kappa shape index (κ3) is 7.12. The van der Waals surface area contributed by atoms with Crippen molar-refractivity contribution in [3.05, 3.63) is 0 Å². The number of rotatable bonds is 7. The molecule has 2 N–H and O–H groups in total. The van der Waals surface area contributed by atoms with E-state index in [9.17, 15) is 0 Å². The fourth-order valence-corrected chi connectivity index (χ4v) is 3.94. The summed E-state index contributed by atoms with van der Waals surface area (Å²) in [7, 11) is 1.85. The maximum absolute atomic E-state index is 5.92. The Bertz CT molecular complexity index is 401. The number of aliphatic imine (C=N–C) groups is 1. The number of piperidine rings is 1. The highest BCUT2D eigenvalue weighted by Crippen LogP contribution is 2.15. The number of ether oxygens (including phenoxy) is 1. The van der Waals surface area contributed by atoms with Gasteiger partial charge in [-0.2, -0.15) is 0 Å². The molecule has 0 bridgehead atoms. The van der Waals surface area contributed by atoms with Crippen LogP contribution in [0.25, 0.3) is 0 Å². The predicted octanol–water partition coefficient (Wildman–Crippen LogP) is 1.38. The Kier molecular flexibility index (Phi) is 8.99. The fourth-order valence-electron chi connectivity index (χ4n) is 3.94. The van der Waals surface area contributed by atoms with Gasteiger partial charge < -0.3 is 15.4 Å². The van der Waals surface area contributed by atoms with Crippen molar-refractivity contribution >= 4 is 5.96 Å². The van der Waals surface area contributed by atoms with Crippen LogP contribution >= 0.6 is 0 Å². The summed E-state index contributed by atoms with van der Waals surface area (Å²) in [5.74, 6) is 1.60. The maximum Gasteiger partial charge on any atom is 0.191 e. The van der Waals surface area contributed by atoms with Crippen LogP contribution in [-0.4, -0.2) is 87.4 Å². The number of morpholine rings is 1. The first-order chi connectivity index (χ1) is 12.1. The van der Waals surface area contributed by atoms with Crippen molar-refractivity contribution in [2.75, 3.05) is 59.5 Å². The van der Waals surface area contributed by atoms with Gasteiger partial charge in [0.25, 0.3) is 0 Å². The first-order valence-electron chi connectivity index (χ1n) is 10.1. The van der Waals surface area contributed by atoms with E-state index < -0.39 is 0 Å². The van der Waals surface area contributed by atoms with Gasteiger partial charge >= 0.3 is 0 Å². The topological polar surface area (TPSA) is 52.1 Å². The lowest BCUT2D eigenvalue weighted by Crippen LogP contribution is -2.52. The number of hydrogen-bond acceptors (Lipinski definition) is 4. The number of likely N-dealkylation sites (N-methyl/N-ethyl adjacent to an activating group) is 1. The van der Waals surface area contributed by atoms with Gasteiger partial charge in [0.05, 0.1) is 12.7 Å². The molecule has 2 heterocycles. The van der Waals surface area contributed by atoms with Crippen molar-refractivity contribution in [3.63, 3.8) is 0 Å². The van der Waals surface area contributed by atoms with Crippen LogP contribution in [0.2, 0.25) is 0 Å². The molecule has 0 aromatic rings. The standard InChI is InChI=1S/C19H39N5O/c1-5-24-9-7-6-8-17(24)12-21-19(20-4)22-13-18-15-23(10-11-25-18)14-16(2)3/h16-18H,5-15H2,1-4H3,(H2,20,21,22). The molecule has 2 unspecified atom stereocenters. The fraction of sp³-hybridized carbons (Fsp3) is 0.947. The lowest BCUT2D eigenvalue weighted by atomic mass is 10.0. The molecule has 2 aliphatic rings. The molecular weight excluding hydrogens is 314 g/mol. The first kappa shape index (κ1) is 20.5. The smallest absolute Gasteiger partial charge is 0.191 e. The number of nitrogens with one attached hydrogen (secondary N) is 2. The lowest BCUT2D eigenvalue weighted by molar-refractivity contribution is -0.0284. The van der Waals surface area contributed by atoms with Crippen molar-refractivity contribution in [1.29, 1.82) is 0 Å². The highest BCUT2D eigenvalue weighted by molar-refractivity contribution is 5.79. The monoisotopic (exact) mass is 353 g/mol. The van der Waals surface area contributed by atoms with Crippen LogP contribution in [0.1, 0.15) is 40.0 Å². The summed E-state index contributed by atoms with van der Waals surface area (Å²) in [4.78, 5) is 9.47. The SMILES string of the molecule is CCN1CCCCC1CNC(=NC)NCC1CN(CC(C)C)CCO1. The highest BCUT2D eigenvalue weighted by atomic mass is 16.5. The van der Waals surface area contributed by atoms with Crippen LogP contribution < -0.4 is 10.6 Å². The van der Waals surface area contributed by atoms with Crippen LogP contribution in [0.4, 0.5) is 0 Å². The van der Waals surface area contributed by atoms with Gasteiger partial charge in [-0.15, -0.1) is 0 Å². The number of likely N-dealkylation sites (tertiary alicyclic amines) is 1. The molecule has 0 radical (unpaired) electrons. The molecule has 0 amide bonds. The normalized spacial score (nSPS) is 26.8. The Morgan fingerprint density at radius 3 is 2.72 bits per heavy atom. The zero-order valence-corrected chi connectivity index (χ0v) is 16.8. The molecule has 0 aliphatic carbocycles. The molecular formula is C19H39N5O. The van der Waals surface area contributed by atoms with Crippen LogP contribution in [0, 0.1) is 5.92 Å². The molecule has 2 rings (SSSR count). The number of hydrogen-bond donors (Lipinski definition) is 2. The largest absolute Gasteiger partial charge is 0.374 e. The van der Waals surface area contributed by atoms with Gasteiger partial charge in [-0.1, -0.05) is 27.2 Å². The van der Waals surface area contributed by atoms with E-state index in [4.69, 9.17) is 4.74 Å². The Hall–Kier alpha value is -0.850. The molecule has 6 nitrogen and oxygen atoms in total. The summed E-state index contributed by atoms with van der Waals surface area (Å²) in [6.07, 6.45) is 4.21. The molecule has 0 spiro atoms. The molecule has 25 heavy (non-hydrogen) atoms. The van der Waals surface area contributed by atoms with Crippen molar-refractivity contribution in [3.8, 4) is 0 Å². The van der Waals surface area contributed by atoms with E-state index in [1.54, 1.807) is 0 Å². The van der Waals surface area contributed by atoms with Crippen LogP contribution in [-0.2, 0) is 4.74 Å².